The number of carbonyl (C=O) groups excluding carboxylic acids is 4. The summed E-state index contributed by atoms with van der Waals surface area (Å²) in [5.41, 5.74) is 2.74. The number of benzene rings is 5. The van der Waals surface area contributed by atoms with Gasteiger partial charge in [-0.05, 0) is 72.1 Å². The molecule has 0 radical (unpaired) electrons. The van der Waals surface area contributed by atoms with E-state index in [0.717, 1.165) is 21.2 Å². The first-order chi connectivity index (χ1) is 22.4. The molecule has 8 nitrogen and oxygen atoms in total. The smallest absolute Gasteiger partial charge is 0.265 e. The van der Waals surface area contributed by atoms with E-state index < -0.39 is 17.9 Å². The zero-order valence-electron chi connectivity index (χ0n) is 25.2. The van der Waals surface area contributed by atoms with E-state index in [1.807, 2.05) is 104 Å². The Balaban J connectivity index is 1.17. The predicted molar refractivity (Wildman–Crippen MR) is 176 cm³/mol. The fourth-order valence-corrected chi connectivity index (χ4v) is 6.56. The molecule has 46 heavy (non-hydrogen) atoms. The van der Waals surface area contributed by atoms with E-state index in [1.54, 1.807) is 34.1 Å². The normalized spacial score (nSPS) is 17.1. The Bertz CT molecular complexity index is 1960. The zero-order chi connectivity index (χ0) is 31.8. The summed E-state index contributed by atoms with van der Waals surface area (Å²) in [6, 6.07) is 36.5. The number of ether oxygens (including phenoxy) is 1. The van der Waals surface area contributed by atoms with Crippen LogP contribution < -0.4 is 14.5 Å². The van der Waals surface area contributed by atoms with Crippen LogP contribution in [0.2, 0.25) is 0 Å². The van der Waals surface area contributed by atoms with Crippen LogP contribution in [0.4, 0.5) is 11.4 Å². The van der Waals surface area contributed by atoms with E-state index in [2.05, 4.69) is 0 Å². The lowest BCUT2D eigenvalue weighted by atomic mass is 9.89. The molecule has 5 aromatic carbocycles. The average molecular weight is 610 g/mol. The summed E-state index contributed by atoms with van der Waals surface area (Å²) in [5, 5.41) is 2.11. The van der Waals surface area contributed by atoms with E-state index in [1.165, 1.54) is 0 Å². The molecule has 0 bridgehead atoms. The molecule has 0 saturated carbocycles. The molecule has 2 aliphatic rings. The molecule has 2 heterocycles. The van der Waals surface area contributed by atoms with Gasteiger partial charge in [-0.25, -0.2) is 0 Å². The highest BCUT2D eigenvalue weighted by Gasteiger charge is 2.42. The molecule has 0 unspecified atom stereocenters. The Labute approximate surface area is 266 Å². The Hall–Kier alpha value is -5.76. The number of hydrogen-bond donors (Lipinski definition) is 0. The number of para-hydroxylation sites is 2. The lowest BCUT2D eigenvalue weighted by Gasteiger charge is -2.43. The highest BCUT2D eigenvalue weighted by atomic mass is 16.5. The van der Waals surface area contributed by atoms with Crippen LogP contribution in [-0.4, -0.2) is 47.7 Å². The van der Waals surface area contributed by atoms with Crippen molar-refractivity contribution >= 4 is 45.8 Å². The highest BCUT2D eigenvalue weighted by Crippen LogP contribution is 2.42. The highest BCUT2D eigenvalue weighted by molar-refractivity contribution is 6.22. The van der Waals surface area contributed by atoms with Crippen LogP contribution in [0, 0.1) is 0 Å². The molecule has 7 rings (SSSR count). The second-order valence-electron chi connectivity index (χ2n) is 11.6. The van der Waals surface area contributed by atoms with Crippen molar-refractivity contribution in [3.63, 3.8) is 0 Å². The summed E-state index contributed by atoms with van der Waals surface area (Å²) >= 11 is 0. The van der Waals surface area contributed by atoms with Crippen LogP contribution >= 0.6 is 0 Å². The summed E-state index contributed by atoms with van der Waals surface area (Å²) < 4.78 is 6.04. The molecule has 0 N–H and O–H groups in total. The fourth-order valence-electron chi connectivity index (χ4n) is 6.56. The van der Waals surface area contributed by atoms with E-state index in [9.17, 15) is 19.2 Å². The first-order valence-electron chi connectivity index (χ1n) is 15.3. The number of carbonyl (C=O) groups is 4. The summed E-state index contributed by atoms with van der Waals surface area (Å²) in [5.74, 6) is -0.946. The van der Waals surface area contributed by atoms with Crippen molar-refractivity contribution in [2.75, 3.05) is 23.0 Å². The average Bonchev–Trinajstić information content (AvgIpc) is 3.32. The molecular weight excluding hydrogens is 578 g/mol. The lowest BCUT2D eigenvalue weighted by Crippen LogP contribution is -2.51. The molecule has 0 spiro atoms. The van der Waals surface area contributed by atoms with Gasteiger partial charge >= 0.3 is 0 Å². The van der Waals surface area contributed by atoms with Crippen molar-refractivity contribution in [3.8, 4) is 5.75 Å². The molecular formula is C38H31N3O5. The van der Waals surface area contributed by atoms with Crippen LogP contribution in [0.1, 0.15) is 45.7 Å². The molecule has 4 amide bonds. The molecule has 5 aromatic rings. The first-order valence-corrected chi connectivity index (χ1v) is 15.3. The van der Waals surface area contributed by atoms with Gasteiger partial charge in [0.05, 0.1) is 17.2 Å². The first kappa shape index (κ1) is 29.0. The maximum absolute atomic E-state index is 14.1. The summed E-state index contributed by atoms with van der Waals surface area (Å²) in [4.78, 5) is 58.4. The van der Waals surface area contributed by atoms with Crippen LogP contribution in [0.5, 0.6) is 5.75 Å². The van der Waals surface area contributed by atoms with Gasteiger partial charge in [0.25, 0.3) is 17.7 Å². The van der Waals surface area contributed by atoms with Crippen LogP contribution in [0.25, 0.3) is 10.8 Å². The van der Waals surface area contributed by atoms with Gasteiger partial charge in [-0.1, -0.05) is 78.9 Å². The van der Waals surface area contributed by atoms with Gasteiger partial charge in [-0.3, -0.25) is 24.1 Å². The minimum atomic E-state index is -0.475. The summed E-state index contributed by atoms with van der Waals surface area (Å²) in [7, 11) is 0. The molecule has 8 heteroatoms. The molecule has 0 saturated heterocycles. The van der Waals surface area contributed by atoms with Crippen LogP contribution in [0.3, 0.4) is 0 Å². The van der Waals surface area contributed by atoms with Crippen molar-refractivity contribution in [3.05, 3.63) is 138 Å². The lowest BCUT2D eigenvalue weighted by molar-refractivity contribution is -0.121. The van der Waals surface area contributed by atoms with Gasteiger partial charge in [0, 0.05) is 17.4 Å². The third-order valence-electron chi connectivity index (χ3n) is 8.70. The molecule has 0 fully saturated rings. The Morgan fingerprint density at radius 3 is 2.13 bits per heavy atom. The van der Waals surface area contributed by atoms with Gasteiger partial charge in [0.1, 0.15) is 12.3 Å². The van der Waals surface area contributed by atoms with Gasteiger partial charge in [-0.2, -0.15) is 0 Å². The van der Waals surface area contributed by atoms with Crippen molar-refractivity contribution in [1.82, 2.24) is 4.90 Å². The molecule has 228 valence electrons. The molecule has 0 aliphatic carbocycles. The quantitative estimate of drug-likeness (QED) is 0.199. The summed E-state index contributed by atoms with van der Waals surface area (Å²) in [6.07, 6.45) is 0.432. The minimum Gasteiger partial charge on any atom is -0.484 e. The minimum absolute atomic E-state index is 0.178. The largest absolute Gasteiger partial charge is 0.484 e. The van der Waals surface area contributed by atoms with Crippen molar-refractivity contribution in [2.45, 2.75) is 25.4 Å². The topological polar surface area (TPSA) is 87.2 Å². The van der Waals surface area contributed by atoms with Crippen molar-refractivity contribution < 1.29 is 23.9 Å². The molecule has 0 aromatic heterocycles. The molecule has 2 atom stereocenters. The van der Waals surface area contributed by atoms with E-state index in [-0.39, 0.29) is 31.0 Å². The van der Waals surface area contributed by atoms with Gasteiger partial charge in [0.15, 0.2) is 6.61 Å². The standard InChI is InChI=1S/C38H31N3O5/c1-25-21-34(41(28-13-3-2-4-14-28)36(43)24-46-29-20-19-26-11-5-6-12-27(26)22-29)32-17-9-10-18-33(32)40(25)35(42)23-39-37(44)30-15-7-8-16-31(30)38(39)45/h2-20,22,25,34H,21,23-24H2,1H3/t25-,34+/m0/s1. The number of imide groups is 1. The van der Waals surface area contributed by atoms with E-state index in [0.29, 0.717) is 34.7 Å². The van der Waals surface area contributed by atoms with Gasteiger partial charge in [-0.15, -0.1) is 0 Å². The maximum atomic E-state index is 14.1. The van der Waals surface area contributed by atoms with Crippen LogP contribution in [-0.2, 0) is 9.59 Å². The third-order valence-corrected chi connectivity index (χ3v) is 8.70. The third kappa shape index (κ3) is 5.17. The van der Waals surface area contributed by atoms with E-state index >= 15 is 0 Å². The Kier molecular flexibility index (Phi) is 7.54. The number of hydrogen-bond acceptors (Lipinski definition) is 5. The second-order valence-corrected chi connectivity index (χ2v) is 11.6. The monoisotopic (exact) mass is 609 g/mol. The number of rotatable bonds is 7. The van der Waals surface area contributed by atoms with Crippen molar-refractivity contribution in [2.24, 2.45) is 0 Å². The van der Waals surface area contributed by atoms with E-state index in [4.69, 9.17) is 4.74 Å². The van der Waals surface area contributed by atoms with Crippen LogP contribution in [0.15, 0.2) is 121 Å². The number of fused-ring (bicyclic) bond motifs is 3. The number of nitrogens with zero attached hydrogens (tertiary/aromatic N) is 3. The SMILES string of the molecule is C[C@H]1C[C@@H](N(C(=O)COc2ccc3ccccc3c2)c2ccccc2)c2ccccc2N1C(=O)CN1C(=O)c2ccccc2C1=O. The zero-order valence-corrected chi connectivity index (χ0v) is 25.2. The molecule has 2 aliphatic heterocycles. The Morgan fingerprint density at radius 1 is 0.761 bits per heavy atom. The van der Waals surface area contributed by atoms with Gasteiger partial charge < -0.3 is 14.5 Å². The van der Waals surface area contributed by atoms with Crippen molar-refractivity contribution in [1.29, 1.82) is 0 Å². The predicted octanol–water partition coefficient (Wildman–Crippen LogP) is 6.41. The number of amides is 4. The Morgan fingerprint density at radius 2 is 1.39 bits per heavy atom. The maximum Gasteiger partial charge on any atom is 0.265 e. The summed E-state index contributed by atoms with van der Waals surface area (Å²) in [6.45, 7) is 1.36. The number of anilines is 2. The second kappa shape index (κ2) is 12.0. The fraction of sp³-hybridized carbons (Fsp3) is 0.158. The van der Waals surface area contributed by atoms with Gasteiger partial charge in [0.2, 0.25) is 5.91 Å².